The van der Waals surface area contributed by atoms with Gasteiger partial charge < -0.3 is 19.0 Å². The molecule has 186 valence electrons. The largest absolute Gasteiger partial charge is 0.478 e. The third kappa shape index (κ3) is 6.40. The number of furan rings is 1. The molecule has 0 radical (unpaired) electrons. The zero-order valence-electron chi connectivity index (χ0n) is 18.0. The second-order valence-electron chi connectivity index (χ2n) is 6.87. The van der Waals surface area contributed by atoms with Crippen LogP contribution in [0.1, 0.15) is 31.3 Å². The Balaban J connectivity index is 1.87. The molecule has 3 rings (SSSR count). The standard InChI is InChI=1S/C23H16Cl2N2O9/c24-14-8-3-1-6-12(14)22(32)35-17(20(29)27-26-19(28)16-10-5-11-34-16)18(21(30)31)36-23(33)13-7-2-4-9-15(13)25/h1-11,17-18H,(H,26,28)(H,27,29)(H,30,31)/t17-,18-/m0/s1. The molecule has 1 aromatic heterocycles. The number of benzene rings is 2. The fraction of sp³-hybridized carbons (Fsp3) is 0.0870. The molecule has 0 aliphatic rings. The van der Waals surface area contributed by atoms with Crippen LogP contribution in [0.15, 0.2) is 71.3 Å². The Bertz CT molecular complexity index is 1290. The molecule has 3 N–H and O–H groups in total. The molecule has 0 unspecified atom stereocenters. The highest BCUT2D eigenvalue weighted by molar-refractivity contribution is 6.34. The van der Waals surface area contributed by atoms with E-state index in [1.165, 1.54) is 66.9 Å². The number of rotatable bonds is 8. The van der Waals surface area contributed by atoms with E-state index in [0.29, 0.717) is 0 Å². The van der Waals surface area contributed by atoms with Crippen molar-refractivity contribution < 1.29 is 43.0 Å². The maximum absolute atomic E-state index is 12.9. The summed E-state index contributed by atoms with van der Waals surface area (Å²) in [6.45, 7) is 0. The molecule has 0 saturated carbocycles. The molecule has 11 nitrogen and oxygen atoms in total. The normalized spacial score (nSPS) is 12.1. The number of hydrogen-bond donors (Lipinski definition) is 3. The van der Waals surface area contributed by atoms with E-state index in [0.717, 1.165) is 0 Å². The van der Waals surface area contributed by atoms with E-state index in [1.807, 2.05) is 10.9 Å². The van der Waals surface area contributed by atoms with Crippen molar-refractivity contribution in [3.8, 4) is 0 Å². The van der Waals surface area contributed by atoms with Crippen molar-refractivity contribution in [1.82, 2.24) is 10.9 Å². The van der Waals surface area contributed by atoms with Crippen LogP contribution in [0.25, 0.3) is 0 Å². The Morgan fingerprint density at radius 3 is 1.75 bits per heavy atom. The third-order valence-corrected chi connectivity index (χ3v) is 5.14. The van der Waals surface area contributed by atoms with Gasteiger partial charge in [0.15, 0.2) is 5.76 Å². The van der Waals surface area contributed by atoms with Gasteiger partial charge in [-0.1, -0.05) is 47.5 Å². The molecule has 0 aliphatic heterocycles. The lowest BCUT2D eigenvalue weighted by atomic mass is 10.1. The zero-order valence-corrected chi connectivity index (χ0v) is 19.5. The number of carboxylic acids is 1. The Morgan fingerprint density at radius 2 is 1.28 bits per heavy atom. The van der Waals surface area contributed by atoms with Gasteiger partial charge >= 0.3 is 23.8 Å². The van der Waals surface area contributed by atoms with Gasteiger partial charge in [-0.15, -0.1) is 0 Å². The van der Waals surface area contributed by atoms with Gasteiger partial charge in [0.1, 0.15) is 0 Å². The van der Waals surface area contributed by atoms with Gasteiger partial charge in [-0.2, -0.15) is 0 Å². The highest BCUT2D eigenvalue weighted by Gasteiger charge is 2.41. The van der Waals surface area contributed by atoms with Gasteiger partial charge in [0.25, 0.3) is 5.91 Å². The van der Waals surface area contributed by atoms with Crippen molar-refractivity contribution in [3.05, 3.63) is 93.9 Å². The van der Waals surface area contributed by atoms with Crippen LogP contribution in [0.5, 0.6) is 0 Å². The molecule has 0 saturated heterocycles. The van der Waals surface area contributed by atoms with Crippen LogP contribution < -0.4 is 10.9 Å². The number of amides is 2. The highest BCUT2D eigenvalue weighted by Crippen LogP contribution is 2.20. The van der Waals surface area contributed by atoms with Crippen LogP contribution in [0.2, 0.25) is 10.0 Å². The van der Waals surface area contributed by atoms with Crippen molar-refractivity contribution in [2.75, 3.05) is 0 Å². The summed E-state index contributed by atoms with van der Waals surface area (Å²) in [4.78, 5) is 62.2. The predicted octanol–water partition coefficient (Wildman–Crippen LogP) is 2.88. The number of hydrogen-bond acceptors (Lipinski definition) is 8. The lowest BCUT2D eigenvalue weighted by Crippen LogP contribution is -2.54. The first-order valence-corrected chi connectivity index (χ1v) is 10.7. The number of carboxylic acid groups (broad SMARTS) is 1. The average Bonchev–Trinajstić information content (AvgIpc) is 3.40. The Kier molecular flexibility index (Phi) is 8.66. The van der Waals surface area contributed by atoms with Gasteiger partial charge in [0.05, 0.1) is 27.4 Å². The maximum atomic E-state index is 12.9. The molecule has 13 heteroatoms. The van der Waals surface area contributed by atoms with Crippen LogP contribution in [0, 0.1) is 0 Å². The molecule has 0 spiro atoms. The van der Waals surface area contributed by atoms with E-state index in [4.69, 9.17) is 37.1 Å². The van der Waals surface area contributed by atoms with E-state index in [2.05, 4.69) is 0 Å². The van der Waals surface area contributed by atoms with Crippen LogP contribution in [-0.4, -0.2) is 47.0 Å². The van der Waals surface area contributed by atoms with Crippen molar-refractivity contribution in [2.24, 2.45) is 0 Å². The van der Waals surface area contributed by atoms with E-state index >= 15 is 0 Å². The first-order valence-electron chi connectivity index (χ1n) is 9.96. The minimum absolute atomic E-state index is 0.0484. The third-order valence-electron chi connectivity index (χ3n) is 4.48. The van der Waals surface area contributed by atoms with Crippen LogP contribution in [0.4, 0.5) is 0 Å². The van der Waals surface area contributed by atoms with Crippen LogP contribution >= 0.6 is 23.2 Å². The van der Waals surface area contributed by atoms with Crippen LogP contribution in [0.3, 0.4) is 0 Å². The van der Waals surface area contributed by atoms with Gasteiger partial charge in [-0.3, -0.25) is 20.4 Å². The number of carbonyl (C=O) groups is 5. The summed E-state index contributed by atoms with van der Waals surface area (Å²) in [6.07, 6.45) is -3.41. The SMILES string of the molecule is O=C(NNC(=O)[C@@H](OC(=O)c1ccccc1Cl)[C@H](OC(=O)c1ccccc1Cl)C(=O)O)c1ccco1. The lowest BCUT2D eigenvalue weighted by molar-refractivity contribution is -0.159. The second kappa shape index (κ2) is 11.9. The van der Waals surface area contributed by atoms with Crippen molar-refractivity contribution in [1.29, 1.82) is 0 Å². The first-order chi connectivity index (χ1) is 17.2. The van der Waals surface area contributed by atoms with E-state index in [9.17, 15) is 29.1 Å². The Morgan fingerprint density at radius 1 is 0.750 bits per heavy atom. The summed E-state index contributed by atoms with van der Waals surface area (Å²) in [7, 11) is 0. The summed E-state index contributed by atoms with van der Waals surface area (Å²) in [6, 6.07) is 13.9. The number of ether oxygens (including phenoxy) is 2. The van der Waals surface area contributed by atoms with E-state index < -0.39 is 41.9 Å². The summed E-state index contributed by atoms with van der Waals surface area (Å²) in [5.41, 5.74) is 3.49. The molecular weight excluding hydrogens is 519 g/mol. The smallest absolute Gasteiger partial charge is 0.349 e. The molecule has 0 fully saturated rings. The molecule has 0 bridgehead atoms. The minimum Gasteiger partial charge on any atom is -0.478 e. The maximum Gasteiger partial charge on any atom is 0.349 e. The van der Waals surface area contributed by atoms with Gasteiger partial charge in [-0.05, 0) is 36.4 Å². The summed E-state index contributed by atoms with van der Waals surface area (Å²) in [5.74, 6) is -6.66. The fourth-order valence-corrected chi connectivity index (χ4v) is 3.19. The Hall–Kier alpha value is -4.35. The fourth-order valence-electron chi connectivity index (χ4n) is 2.76. The molecule has 2 atom stereocenters. The number of halogens is 2. The van der Waals surface area contributed by atoms with E-state index in [-0.39, 0.29) is 26.9 Å². The lowest BCUT2D eigenvalue weighted by Gasteiger charge is -2.23. The molecule has 0 aliphatic carbocycles. The second-order valence-corrected chi connectivity index (χ2v) is 7.68. The number of hydrazine groups is 1. The predicted molar refractivity (Wildman–Crippen MR) is 123 cm³/mol. The quantitative estimate of drug-likeness (QED) is 0.291. The summed E-state index contributed by atoms with van der Waals surface area (Å²) in [5, 5.41) is 9.62. The molecule has 3 aromatic rings. The first kappa shape index (κ1) is 26.3. The molecular formula is C23H16Cl2N2O9. The minimum atomic E-state index is -2.35. The van der Waals surface area contributed by atoms with Gasteiger partial charge in [0.2, 0.25) is 12.2 Å². The molecule has 2 aromatic carbocycles. The molecule has 36 heavy (non-hydrogen) atoms. The number of carbonyl (C=O) groups excluding carboxylic acids is 4. The van der Waals surface area contributed by atoms with Crippen molar-refractivity contribution in [3.63, 3.8) is 0 Å². The van der Waals surface area contributed by atoms with E-state index in [1.54, 1.807) is 0 Å². The van der Waals surface area contributed by atoms with Crippen molar-refractivity contribution >= 4 is 52.9 Å². The van der Waals surface area contributed by atoms with Gasteiger partial charge in [0, 0.05) is 0 Å². The zero-order chi connectivity index (χ0) is 26.2. The Labute approximate surface area is 212 Å². The summed E-state index contributed by atoms with van der Waals surface area (Å²) < 4.78 is 15.0. The van der Waals surface area contributed by atoms with Crippen molar-refractivity contribution in [2.45, 2.75) is 12.2 Å². The summed E-state index contributed by atoms with van der Waals surface area (Å²) >= 11 is 11.9. The highest BCUT2D eigenvalue weighted by atomic mass is 35.5. The topological polar surface area (TPSA) is 161 Å². The van der Waals surface area contributed by atoms with Crippen LogP contribution in [-0.2, 0) is 19.1 Å². The monoisotopic (exact) mass is 534 g/mol. The van der Waals surface area contributed by atoms with Gasteiger partial charge in [-0.25, -0.2) is 14.4 Å². The molecule has 2 amide bonds. The number of nitrogens with one attached hydrogen (secondary N) is 2. The number of esters is 2. The molecule has 1 heterocycles. The number of aliphatic carboxylic acids is 1. The average molecular weight is 535 g/mol.